The van der Waals surface area contributed by atoms with Crippen LogP contribution in [0.4, 0.5) is 5.69 Å². The molecule has 0 aliphatic heterocycles. The van der Waals surface area contributed by atoms with Gasteiger partial charge in [-0.25, -0.2) is 0 Å². The topological polar surface area (TPSA) is 72.7 Å². The zero-order chi connectivity index (χ0) is 20.8. The number of carbonyl (C=O) groups is 1. The van der Waals surface area contributed by atoms with Crippen molar-refractivity contribution in [2.75, 3.05) is 11.1 Å². The van der Waals surface area contributed by atoms with Crippen LogP contribution in [0.5, 0.6) is 0 Å². The van der Waals surface area contributed by atoms with E-state index >= 15 is 0 Å². The van der Waals surface area contributed by atoms with Crippen molar-refractivity contribution in [3.8, 4) is 11.4 Å². The normalized spacial score (nSPS) is 10.7. The molecular weight excluding hydrogens is 414 g/mol. The third-order valence-electron chi connectivity index (χ3n) is 4.22. The second-order valence-corrected chi connectivity index (χ2v) is 8.41. The van der Waals surface area contributed by atoms with Crippen LogP contribution in [0.3, 0.4) is 0 Å². The van der Waals surface area contributed by atoms with Gasteiger partial charge in [-0.1, -0.05) is 53.9 Å². The molecule has 4 aromatic rings. The lowest BCUT2D eigenvalue weighted by molar-refractivity contribution is -0.113. The molecule has 4 rings (SSSR count). The van der Waals surface area contributed by atoms with Gasteiger partial charge in [-0.15, -0.1) is 10.2 Å². The molecule has 1 amide bonds. The number of nitrogens with zero attached hydrogens (tertiary/aromatic N) is 4. The highest BCUT2D eigenvalue weighted by atomic mass is 32.2. The summed E-state index contributed by atoms with van der Waals surface area (Å²) in [7, 11) is 1.88. The quantitative estimate of drug-likeness (QED) is 0.424. The van der Waals surface area contributed by atoms with Crippen LogP contribution in [0.15, 0.2) is 94.1 Å². The zero-order valence-electron chi connectivity index (χ0n) is 16.2. The van der Waals surface area contributed by atoms with Crippen LogP contribution in [0, 0.1) is 0 Å². The molecule has 2 aromatic carbocycles. The van der Waals surface area contributed by atoms with Crippen LogP contribution in [-0.2, 0) is 11.8 Å². The van der Waals surface area contributed by atoms with Crippen molar-refractivity contribution in [3.63, 3.8) is 0 Å². The highest BCUT2D eigenvalue weighted by Crippen LogP contribution is 2.33. The SMILES string of the molecule is Cn1c(SCC(=O)Nc2ccccc2Sc2ccccc2)nnc1-c1cccnc1. The van der Waals surface area contributed by atoms with Gasteiger partial charge in [0.05, 0.1) is 11.4 Å². The van der Waals surface area contributed by atoms with Crippen LogP contribution in [0.2, 0.25) is 0 Å². The van der Waals surface area contributed by atoms with Crippen molar-refractivity contribution in [2.24, 2.45) is 7.05 Å². The van der Waals surface area contributed by atoms with E-state index < -0.39 is 0 Å². The molecule has 6 nitrogen and oxygen atoms in total. The number of rotatable bonds is 7. The zero-order valence-corrected chi connectivity index (χ0v) is 17.9. The maximum Gasteiger partial charge on any atom is 0.234 e. The fourth-order valence-corrected chi connectivity index (χ4v) is 4.41. The summed E-state index contributed by atoms with van der Waals surface area (Å²) in [6.45, 7) is 0. The van der Waals surface area contributed by atoms with Crippen molar-refractivity contribution >= 4 is 35.1 Å². The fraction of sp³-hybridized carbons (Fsp3) is 0.0909. The number of anilines is 1. The smallest absolute Gasteiger partial charge is 0.234 e. The number of benzene rings is 2. The largest absolute Gasteiger partial charge is 0.324 e. The molecule has 8 heteroatoms. The predicted octanol–water partition coefficient (Wildman–Crippen LogP) is 4.76. The first kappa shape index (κ1) is 20.2. The van der Waals surface area contributed by atoms with Crippen molar-refractivity contribution in [1.29, 1.82) is 0 Å². The van der Waals surface area contributed by atoms with Gasteiger partial charge in [0.25, 0.3) is 0 Å². The number of thioether (sulfide) groups is 1. The molecule has 0 bridgehead atoms. The van der Waals surface area contributed by atoms with Gasteiger partial charge in [0.15, 0.2) is 11.0 Å². The third-order valence-corrected chi connectivity index (χ3v) is 6.32. The Bertz CT molecular complexity index is 1130. The molecule has 0 unspecified atom stereocenters. The lowest BCUT2D eigenvalue weighted by Gasteiger charge is -2.10. The maximum absolute atomic E-state index is 12.6. The molecule has 2 heterocycles. The Labute approximate surface area is 183 Å². The second kappa shape index (κ2) is 9.60. The number of amides is 1. The maximum atomic E-state index is 12.6. The first-order valence-electron chi connectivity index (χ1n) is 9.25. The molecule has 0 atom stereocenters. The Morgan fingerprint density at radius 3 is 2.60 bits per heavy atom. The molecule has 0 fully saturated rings. The lowest BCUT2D eigenvalue weighted by atomic mass is 10.3. The number of hydrogen-bond donors (Lipinski definition) is 1. The van der Waals surface area contributed by atoms with E-state index in [4.69, 9.17) is 0 Å². The van der Waals surface area contributed by atoms with Crippen molar-refractivity contribution < 1.29 is 4.79 Å². The first-order valence-corrected chi connectivity index (χ1v) is 11.1. The molecule has 0 saturated heterocycles. The minimum Gasteiger partial charge on any atom is -0.324 e. The molecule has 1 N–H and O–H groups in total. The minimum absolute atomic E-state index is 0.0907. The van der Waals surface area contributed by atoms with Crippen molar-refractivity contribution in [2.45, 2.75) is 14.9 Å². The van der Waals surface area contributed by atoms with E-state index in [-0.39, 0.29) is 11.7 Å². The van der Waals surface area contributed by atoms with Gasteiger partial charge in [-0.05, 0) is 36.4 Å². The summed E-state index contributed by atoms with van der Waals surface area (Å²) in [6.07, 6.45) is 3.46. The van der Waals surface area contributed by atoms with Gasteiger partial charge in [-0.3, -0.25) is 9.78 Å². The highest BCUT2D eigenvalue weighted by molar-refractivity contribution is 8.00. The number of hydrogen-bond acceptors (Lipinski definition) is 6. The van der Waals surface area contributed by atoms with E-state index in [9.17, 15) is 4.79 Å². The van der Waals surface area contributed by atoms with Crippen LogP contribution >= 0.6 is 23.5 Å². The van der Waals surface area contributed by atoms with Gasteiger partial charge >= 0.3 is 0 Å². The standard InChI is InChI=1S/C22H19N5OS2/c1-27-21(16-8-7-13-23-14-16)25-26-22(27)29-15-20(28)24-18-11-5-6-12-19(18)30-17-9-3-2-4-10-17/h2-14H,15H2,1H3,(H,24,28). The average Bonchev–Trinajstić information content (AvgIpc) is 3.15. The molecule has 0 saturated carbocycles. The van der Waals surface area contributed by atoms with Gasteiger partial charge in [0, 0.05) is 34.8 Å². The molecule has 0 aliphatic rings. The highest BCUT2D eigenvalue weighted by Gasteiger charge is 2.14. The van der Waals surface area contributed by atoms with Crippen LogP contribution in [0.25, 0.3) is 11.4 Å². The van der Waals surface area contributed by atoms with Gasteiger partial charge in [-0.2, -0.15) is 0 Å². The summed E-state index contributed by atoms with van der Waals surface area (Å²) >= 11 is 2.97. The van der Waals surface area contributed by atoms with Crippen molar-refractivity contribution in [3.05, 3.63) is 79.1 Å². The van der Waals surface area contributed by atoms with Crippen LogP contribution in [-0.4, -0.2) is 31.4 Å². The number of para-hydroxylation sites is 1. The van der Waals surface area contributed by atoms with Gasteiger partial charge < -0.3 is 9.88 Å². The van der Waals surface area contributed by atoms with E-state index in [0.717, 1.165) is 26.9 Å². The summed E-state index contributed by atoms with van der Waals surface area (Å²) in [5.74, 6) is 0.867. The number of aromatic nitrogens is 4. The van der Waals surface area contributed by atoms with E-state index in [1.807, 2.05) is 78.3 Å². The van der Waals surface area contributed by atoms with E-state index in [1.54, 1.807) is 24.2 Å². The Kier molecular flexibility index (Phi) is 6.46. The Balaban J connectivity index is 1.40. The second-order valence-electron chi connectivity index (χ2n) is 6.36. The summed E-state index contributed by atoms with van der Waals surface area (Å²) in [6, 6.07) is 21.7. The molecule has 2 aromatic heterocycles. The summed E-state index contributed by atoms with van der Waals surface area (Å²) in [4.78, 5) is 18.8. The van der Waals surface area contributed by atoms with E-state index in [2.05, 4.69) is 20.5 Å². The molecule has 0 spiro atoms. The molecule has 30 heavy (non-hydrogen) atoms. The number of nitrogens with one attached hydrogen (secondary N) is 1. The Hall–Kier alpha value is -3.10. The molecule has 150 valence electrons. The van der Waals surface area contributed by atoms with Crippen LogP contribution < -0.4 is 5.32 Å². The molecular formula is C22H19N5OS2. The van der Waals surface area contributed by atoms with Gasteiger partial charge in [0.2, 0.25) is 5.91 Å². The predicted molar refractivity (Wildman–Crippen MR) is 121 cm³/mol. The summed E-state index contributed by atoms with van der Waals surface area (Å²) in [5.41, 5.74) is 1.68. The Morgan fingerprint density at radius 2 is 1.80 bits per heavy atom. The monoisotopic (exact) mass is 433 g/mol. The average molecular weight is 434 g/mol. The first-order chi connectivity index (χ1) is 14.7. The van der Waals surface area contributed by atoms with Crippen molar-refractivity contribution in [1.82, 2.24) is 19.7 Å². The van der Waals surface area contributed by atoms with Crippen LogP contribution in [0.1, 0.15) is 0 Å². The summed E-state index contributed by atoms with van der Waals surface area (Å²) < 4.78 is 1.87. The van der Waals surface area contributed by atoms with Gasteiger partial charge in [0.1, 0.15) is 0 Å². The summed E-state index contributed by atoms with van der Waals surface area (Å²) in [5, 5.41) is 12.1. The number of carbonyl (C=O) groups excluding carboxylic acids is 1. The molecule has 0 radical (unpaired) electrons. The fourth-order valence-electron chi connectivity index (χ4n) is 2.78. The Morgan fingerprint density at radius 1 is 1.00 bits per heavy atom. The third kappa shape index (κ3) is 4.90. The lowest BCUT2D eigenvalue weighted by Crippen LogP contribution is -2.15. The minimum atomic E-state index is -0.0907. The van der Waals surface area contributed by atoms with E-state index in [0.29, 0.717) is 5.16 Å². The van der Waals surface area contributed by atoms with E-state index in [1.165, 1.54) is 11.8 Å². The molecule has 0 aliphatic carbocycles. The number of pyridine rings is 1.